The highest BCUT2D eigenvalue weighted by atomic mass is 19.4. The van der Waals surface area contributed by atoms with Gasteiger partial charge in [-0.25, -0.2) is 0 Å². The Hall–Kier alpha value is -0.780. The van der Waals surface area contributed by atoms with Crippen LogP contribution in [0.2, 0.25) is 0 Å². The van der Waals surface area contributed by atoms with Crippen LogP contribution in [0.3, 0.4) is 0 Å². The topological polar surface area (TPSA) is 40.5 Å². The van der Waals surface area contributed by atoms with Gasteiger partial charge in [-0.2, -0.15) is 13.2 Å². The molecule has 6 heteroatoms. The molecule has 0 amide bonds. The largest absolute Gasteiger partial charge is 0.481 e. The van der Waals surface area contributed by atoms with E-state index >= 15 is 0 Å². The normalized spacial score (nSPS) is 16.2. The Kier molecular flexibility index (Phi) is 5.25. The van der Waals surface area contributed by atoms with E-state index in [1.807, 2.05) is 0 Å². The fraction of sp³-hybridized carbons (Fsp3) is 0.900. The molecule has 0 heterocycles. The first-order valence-corrected chi connectivity index (χ1v) is 5.03. The van der Waals surface area contributed by atoms with Gasteiger partial charge in [0.15, 0.2) is 0 Å². The van der Waals surface area contributed by atoms with Crippen molar-refractivity contribution < 1.29 is 23.1 Å². The van der Waals surface area contributed by atoms with Crippen LogP contribution in [0.15, 0.2) is 0 Å². The Morgan fingerprint density at radius 1 is 1.25 bits per heavy atom. The van der Waals surface area contributed by atoms with Crippen LogP contribution < -0.4 is 0 Å². The molecule has 1 N–H and O–H groups in total. The van der Waals surface area contributed by atoms with Gasteiger partial charge in [0.05, 0.1) is 6.42 Å². The lowest BCUT2D eigenvalue weighted by Gasteiger charge is -2.35. The predicted octanol–water partition coefficient (Wildman–Crippen LogP) is 2.51. The number of carboxylic acid groups (broad SMARTS) is 1. The summed E-state index contributed by atoms with van der Waals surface area (Å²) in [5, 5.41) is 8.71. The molecule has 16 heavy (non-hydrogen) atoms. The van der Waals surface area contributed by atoms with E-state index in [0.717, 1.165) is 0 Å². The first-order valence-electron chi connectivity index (χ1n) is 5.03. The lowest BCUT2D eigenvalue weighted by molar-refractivity contribution is -0.141. The van der Waals surface area contributed by atoms with E-state index in [9.17, 15) is 18.0 Å². The molecule has 0 saturated carbocycles. The third-order valence-electron chi connectivity index (χ3n) is 2.79. The van der Waals surface area contributed by atoms with E-state index in [-0.39, 0.29) is 19.3 Å². The van der Waals surface area contributed by atoms with Crippen LogP contribution in [0.5, 0.6) is 0 Å². The Labute approximate surface area is 93.2 Å². The number of hydrogen-bond donors (Lipinski definition) is 1. The van der Waals surface area contributed by atoms with Gasteiger partial charge in [0.25, 0.3) is 0 Å². The first kappa shape index (κ1) is 15.2. The molecule has 0 aliphatic rings. The highest BCUT2D eigenvalue weighted by Crippen LogP contribution is 2.28. The number of aliphatic carboxylic acids is 1. The van der Waals surface area contributed by atoms with Crippen LogP contribution >= 0.6 is 0 Å². The predicted molar refractivity (Wildman–Crippen MR) is 54.3 cm³/mol. The second-order valence-corrected chi connectivity index (χ2v) is 4.43. The van der Waals surface area contributed by atoms with Gasteiger partial charge in [0.1, 0.15) is 0 Å². The van der Waals surface area contributed by atoms with Crippen molar-refractivity contribution in [2.24, 2.45) is 0 Å². The van der Waals surface area contributed by atoms with Crippen LogP contribution in [-0.2, 0) is 4.79 Å². The summed E-state index contributed by atoms with van der Waals surface area (Å²) in [7, 11) is 3.35. The molecule has 0 bridgehead atoms. The molecule has 0 aliphatic heterocycles. The van der Waals surface area contributed by atoms with Gasteiger partial charge in [-0.1, -0.05) is 0 Å². The number of nitrogens with zero attached hydrogens (tertiary/aromatic N) is 1. The van der Waals surface area contributed by atoms with Crippen molar-refractivity contribution in [3.63, 3.8) is 0 Å². The van der Waals surface area contributed by atoms with Crippen molar-refractivity contribution in [1.82, 2.24) is 4.90 Å². The molecule has 0 aliphatic carbocycles. The second-order valence-electron chi connectivity index (χ2n) is 4.43. The van der Waals surface area contributed by atoms with Gasteiger partial charge in [-0.05, 0) is 33.9 Å². The van der Waals surface area contributed by atoms with Gasteiger partial charge in [-0.15, -0.1) is 0 Å². The third-order valence-corrected chi connectivity index (χ3v) is 2.79. The monoisotopic (exact) mass is 241 g/mol. The maximum atomic E-state index is 12.0. The minimum Gasteiger partial charge on any atom is -0.481 e. The quantitative estimate of drug-likeness (QED) is 0.776. The van der Waals surface area contributed by atoms with Gasteiger partial charge < -0.3 is 10.0 Å². The van der Waals surface area contributed by atoms with Crippen LogP contribution in [0.25, 0.3) is 0 Å². The Morgan fingerprint density at radius 3 is 2.06 bits per heavy atom. The Bertz CT molecular complexity index is 241. The molecule has 0 saturated heterocycles. The smallest absolute Gasteiger partial charge is 0.389 e. The first-order chi connectivity index (χ1) is 7.07. The van der Waals surface area contributed by atoms with Crippen molar-refractivity contribution >= 4 is 5.97 Å². The lowest BCUT2D eigenvalue weighted by atomic mass is 9.90. The standard InChI is InChI=1S/C10H18F3NO2/c1-9(14(2)3,7-8(15)16)5-4-6-10(11,12)13/h4-7H2,1-3H3,(H,15,16). The molecule has 1 atom stereocenters. The van der Waals surface area contributed by atoms with Crippen molar-refractivity contribution in [3.05, 3.63) is 0 Å². The zero-order valence-electron chi connectivity index (χ0n) is 9.76. The fourth-order valence-electron chi connectivity index (χ4n) is 1.47. The summed E-state index contributed by atoms with van der Waals surface area (Å²) in [4.78, 5) is 12.3. The van der Waals surface area contributed by atoms with Crippen molar-refractivity contribution in [2.45, 2.75) is 44.3 Å². The van der Waals surface area contributed by atoms with Crippen molar-refractivity contribution in [2.75, 3.05) is 14.1 Å². The summed E-state index contributed by atoms with van der Waals surface area (Å²) in [6.07, 6.45) is -5.03. The number of rotatable bonds is 6. The molecule has 96 valence electrons. The van der Waals surface area contributed by atoms with E-state index in [4.69, 9.17) is 5.11 Å². The molecular weight excluding hydrogens is 223 g/mol. The molecule has 0 aromatic heterocycles. The summed E-state index contributed by atoms with van der Waals surface area (Å²) in [6, 6.07) is 0. The number of carboxylic acids is 1. The SMILES string of the molecule is CN(C)C(C)(CCCC(F)(F)F)CC(=O)O. The summed E-state index contributed by atoms with van der Waals surface area (Å²) in [5.74, 6) is -0.997. The number of hydrogen-bond acceptors (Lipinski definition) is 2. The van der Waals surface area contributed by atoms with Crippen LogP contribution in [0.1, 0.15) is 32.6 Å². The minimum atomic E-state index is -4.17. The van der Waals surface area contributed by atoms with E-state index in [1.165, 1.54) is 0 Å². The molecule has 0 aromatic rings. The average Bonchev–Trinajstić information content (AvgIpc) is 1.99. The van der Waals surface area contributed by atoms with Gasteiger partial charge >= 0.3 is 12.1 Å². The average molecular weight is 241 g/mol. The van der Waals surface area contributed by atoms with Crippen LogP contribution in [0, 0.1) is 0 Å². The summed E-state index contributed by atoms with van der Waals surface area (Å²) in [6.45, 7) is 1.66. The van der Waals surface area contributed by atoms with Crippen molar-refractivity contribution in [3.8, 4) is 0 Å². The fourth-order valence-corrected chi connectivity index (χ4v) is 1.47. The van der Waals surface area contributed by atoms with Gasteiger partial charge in [0.2, 0.25) is 0 Å². The minimum absolute atomic E-state index is 0.0501. The molecule has 0 rings (SSSR count). The number of carbonyl (C=O) groups is 1. The Morgan fingerprint density at radius 2 is 1.75 bits per heavy atom. The summed E-state index contributed by atoms with van der Waals surface area (Å²) in [5.41, 5.74) is -0.725. The third kappa shape index (κ3) is 5.95. The molecule has 0 radical (unpaired) electrons. The Balaban J connectivity index is 4.29. The zero-order chi connectivity index (χ0) is 13.0. The highest BCUT2D eigenvalue weighted by Gasteiger charge is 2.32. The molecule has 0 spiro atoms. The second kappa shape index (κ2) is 5.52. The van der Waals surface area contributed by atoms with E-state index in [2.05, 4.69) is 0 Å². The van der Waals surface area contributed by atoms with Gasteiger partial charge in [-0.3, -0.25) is 4.79 Å². The van der Waals surface area contributed by atoms with E-state index < -0.39 is 24.1 Å². The molecule has 0 aromatic carbocycles. The molecular formula is C10H18F3NO2. The summed E-state index contributed by atoms with van der Waals surface area (Å²) < 4.78 is 35.9. The maximum Gasteiger partial charge on any atom is 0.389 e. The zero-order valence-corrected chi connectivity index (χ0v) is 9.76. The van der Waals surface area contributed by atoms with Crippen LogP contribution in [0.4, 0.5) is 13.2 Å². The highest BCUT2D eigenvalue weighted by molar-refractivity contribution is 5.68. The van der Waals surface area contributed by atoms with E-state index in [1.54, 1.807) is 25.9 Å². The molecule has 3 nitrogen and oxygen atoms in total. The molecule has 0 fully saturated rings. The van der Waals surface area contributed by atoms with E-state index in [0.29, 0.717) is 0 Å². The number of halogens is 3. The number of alkyl halides is 3. The van der Waals surface area contributed by atoms with Gasteiger partial charge in [0, 0.05) is 12.0 Å². The van der Waals surface area contributed by atoms with Crippen LogP contribution in [-0.4, -0.2) is 41.8 Å². The molecule has 1 unspecified atom stereocenters. The lowest BCUT2D eigenvalue weighted by Crippen LogP contribution is -2.43. The summed E-state index contributed by atoms with van der Waals surface area (Å²) >= 11 is 0. The maximum absolute atomic E-state index is 12.0. The van der Waals surface area contributed by atoms with Crippen molar-refractivity contribution in [1.29, 1.82) is 0 Å².